The maximum atomic E-state index is 10.8. The van der Waals surface area contributed by atoms with Gasteiger partial charge in [0.25, 0.3) is 0 Å². The monoisotopic (exact) mass is 172 g/mol. The second-order valence-electron chi connectivity index (χ2n) is 2.33. The van der Waals surface area contributed by atoms with Crippen molar-refractivity contribution in [3.05, 3.63) is 0 Å². The molecule has 0 rings (SSSR count). The molecule has 0 unspecified atom stereocenters. The minimum Gasteiger partial charge on any atom is -0.374 e. The van der Waals surface area contributed by atoms with E-state index in [-0.39, 0.29) is 18.8 Å². The van der Waals surface area contributed by atoms with Gasteiger partial charge in [0.1, 0.15) is 6.61 Å². The van der Waals surface area contributed by atoms with E-state index in [0.29, 0.717) is 6.61 Å². The van der Waals surface area contributed by atoms with E-state index in [0.717, 1.165) is 6.92 Å². The van der Waals surface area contributed by atoms with Crippen LogP contribution in [0, 0.1) is 0 Å². The van der Waals surface area contributed by atoms with Crippen LogP contribution < -0.4 is 0 Å². The maximum Gasteiger partial charge on any atom is 0.205 e. The fourth-order valence-corrected chi connectivity index (χ4v) is 0.570. The minimum absolute atomic E-state index is 0.0878. The first-order valence-corrected chi connectivity index (χ1v) is 3.71. The van der Waals surface area contributed by atoms with Gasteiger partial charge in [-0.3, -0.25) is 14.4 Å². The summed E-state index contributed by atoms with van der Waals surface area (Å²) < 4.78 is 4.76. The predicted molar refractivity (Wildman–Crippen MR) is 41.8 cm³/mol. The van der Waals surface area contributed by atoms with Crippen molar-refractivity contribution in [3.8, 4) is 0 Å². The summed E-state index contributed by atoms with van der Waals surface area (Å²) in [5.41, 5.74) is 0. The number of ketones is 3. The first kappa shape index (κ1) is 11.0. The second-order valence-corrected chi connectivity index (χ2v) is 2.33. The van der Waals surface area contributed by atoms with Crippen LogP contribution in [0.4, 0.5) is 0 Å². The second kappa shape index (κ2) is 5.60. The van der Waals surface area contributed by atoms with Crippen molar-refractivity contribution in [1.29, 1.82) is 0 Å². The van der Waals surface area contributed by atoms with Crippen LogP contribution in [0.2, 0.25) is 0 Å². The molecule has 0 atom stereocenters. The first-order valence-electron chi connectivity index (χ1n) is 3.71. The average molecular weight is 172 g/mol. The third kappa shape index (κ3) is 4.73. The van der Waals surface area contributed by atoms with Crippen LogP contribution in [-0.2, 0) is 19.1 Å². The van der Waals surface area contributed by atoms with Gasteiger partial charge in [-0.15, -0.1) is 0 Å². The topological polar surface area (TPSA) is 60.4 Å². The molecule has 0 aliphatic heterocycles. The summed E-state index contributed by atoms with van der Waals surface area (Å²) in [6.45, 7) is 3.24. The van der Waals surface area contributed by atoms with E-state index < -0.39 is 11.6 Å². The molecule has 68 valence electrons. The molecule has 4 heteroatoms. The molecule has 12 heavy (non-hydrogen) atoms. The Morgan fingerprint density at radius 1 is 1.25 bits per heavy atom. The largest absolute Gasteiger partial charge is 0.374 e. The zero-order valence-electron chi connectivity index (χ0n) is 7.25. The lowest BCUT2D eigenvalue weighted by Crippen LogP contribution is -2.18. The van der Waals surface area contributed by atoms with Gasteiger partial charge in [0.15, 0.2) is 11.6 Å². The van der Waals surface area contributed by atoms with Gasteiger partial charge in [0.2, 0.25) is 5.78 Å². The van der Waals surface area contributed by atoms with Crippen LogP contribution in [0.25, 0.3) is 0 Å². The zero-order chi connectivity index (χ0) is 9.56. The summed E-state index contributed by atoms with van der Waals surface area (Å²) >= 11 is 0. The Labute approximate surface area is 70.9 Å². The summed E-state index contributed by atoms with van der Waals surface area (Å²) in [5, 5.41) is 0. The lowest BCUT2D eigenvalue weighted by Gasteiger charge is -1.97. The SMILES string of the molecule is CCOCC(=O)CC(=O)C(C)=O. The number of ether oxygens (including phenoxy) is 1. The summed E-state index contributed by atoms with van der Waals surface area (Å²) in [7, 11) is 0. The van der Waals surface area contributed by atoms with Crippen LogP contribution >= 0.6 is 0 Å². The molecule has 0 aromatic rings. The summed E-state index contributed by atoms with van der Waals surface area (Å²) in [6, 6.07) is 0. The Hall–Kier alpha value is -1.03. The molecule has 4 nitrogen and oxygen atoms in total. The normalized spacial score (nSPS) is 9.50. The fourth-order valence-electron chi connectivity index (χ4n) is 0.570. The Balaban J connectivity index is 3.69. The highest BCUT2D eigenvalue weighted by Gasteiger charge is 2.12. The van der Waals surface area contributed by atoms with Crippen molar-refractivity contribution in [2.24, 2.45) is 0 Å². The van der Waals surface area contributed by atoms with Crippen molar-refractivity contribution < 1.29 is 19.1 Å². The van der Waals surface area contributed by atoms with Crippen LogP contribution in [-0.4, -0.2) is 30.6 Å². The van der Waals surface area contributed by atoms with Gasteiger partial charge >= 0.3 is 0 Å². The third-order valence-electron chi connectivity index (χ3n) is 1.22. The van der Waals surface area contributed by atoms with E-state index in [1.807, 2.05) is 0 Å². The van der Waals surface area contributed by atoms with Gasteiger partial charge < -0.3 is 4.74 Å². The Kier molecular flexibility index (Phi) is 5.12. The van der Waals surface area contributed by atoms with E-state index in [1.165, 1.54) is 0 Å². The highest BCUT2D eigenvalue weighted by molar-refractivity contribution is 6.39. The summed E-state index contributed by atoms with van der Waals surface area (Å²) in [5.74, 6) is -1.59. The molecule has 0 saturated carbocycles. The van der Waals surface area contributed by atoms with Gasteiger partial charge in [-0.1, -0.05) is 0 Å². The number of Topliss-reactive ketones (excluding diaryl/α,β-unsaturated/α-hetero) is 3. The summed E-state index contributed by atoms with van der Waals surface area (Å²) in [6.07, 6.45) is -0.338. The van der Waals surface area contributed by atoms with E-state index in [9.17, 15) is 14.4 Å². The van der Waals surface area contributed by atoms with Crippen LogP contribution in [0.3, 0.4) is 0 Å². The average Bonchev–Trinajstić information content (AvgIpc) is 2.00. The van der Waals surface area contributed by atoms with Crippen molar-refractivity contribution in [1.82, 2.24) is 0 Å². The summed E-state index contributed by atoms with van der Waals surface area (Å²) in [4.78, 5) is 31.9. The molecule has 0 aromatic heterocycles. The molecule has 0 fully saturated rings. The van der Waals surface area contributed by atoms with Gasteiger partial charge in [-0.05, 0) is 6.92 Å². The molecule has 0 aromatic carbocycles. The quantitative estimate of drug-likeness (QED) is 0.422. The highest BCUT2D eigenvalue weighted by Crippen LogP contribution is 1.89. The maximum absolute atomic E-state index is 10.8. The molecule has 0 saturated heterocycles. The van der Waals surface area contributed by atoms with Crippen LogP contribution in [0.15, 0.2) is 0 Å². The van der Waals surface area contributed by atoms with Crippen molar-refractivity contribution in [2.45, 2.75) is 20.3 Å². The van der Waals surface area contributed by atoms with E-state index >= 15 is 0 Å². The Morgan fingerprint density at radius 3 is 2.25 bits per heavy atom. The molecule has 0 aliphatic carbocycles. The smallest absolute Gasteiger partial charge is 0.205 e. The van der Waals surface area contributed by atoms with Gasteiger partial charge in [-0.25, -0.2) is 0 Å². The lowest BCUT2D eigenvalue weighted by atomic mass is 10.1. The molecule has 0 aliphatic rings. The number of rotatable bonds is 6. The number of carbonyl (C=O) groups excluding carboxylic acids is 3. The number of hydrogen-bond donors (Lipinski definition) is 0. The van der Waals surface area contributed by atoms with Gasteiger partial charge in [0.05, 0.1) is 6.42 Å². The van der Waals surface area contributed by atoms with Crippen molar-refractivity contribution in [2.75, 3.05) is 13.2 Å². The van der Waals surface area contributed by atoms with Crippen molar-refractivity contribution in [3.63, 3.8) is 0 Å². The molecule has 0 N–H and O–H groups in total. The van der Waals surface area contributed by atoms with Gasteiger partial charge in [-0.2, -0.15) is 0 Å². The fraction of sp³-hybridized carbons (Fsp3) is 0.625. The Bertz CT molecular complexity index is 195. The van der Waals surface area contributed by atoms with Crippen LogP contribution in [0.5, 0.6) is 0 Å². The van der Waals surface area contributed by atoms with Crippen LogP contribution in [0.1, 0.15) is 20.3 Å². The molecule has 0 heterocycles. The molecule has 0 bridgehead atoms. The zero-order valence-corrected chi connectivity index (χ0v) is 7.25. The standard InChI is InChI=1S/C8H12O4/c1-3-12-5-7(10)4-8(11)6(2)9/h3-5H2,1-2H3. The molecule has 0 spiro atoms. The van der Waals surface area contributed by atoms with E-state index in [2.05, 4.69) is 0 Å². The van der Waals surface area contributed by atoms with Crippen molar-refractivity contribution >= 4 is 17.3 Å². The minimum atomic E-state index is -0.653. The third-order valence-corrected chi connectivity index (χ3v) is 1.22. The molecular formula is C8H12O4. The highest BCUT2D eigenvalue weighted by atomic mass is 16.5. The molecule has 0 radical (unpaired) electrons. The molecular weight excluding hydrogens is 160 g/mol. The Morgan fingerprint density at radius 2 is 1.83 bits per heavy atom. The predicted octanol–water partition coefficient (Wildman–Crippen LogP) is 0.140. The van der Waals surface area contributed by atoms with E-state index in [4.69, 9.17) is 4.74 Å². The molecule has 0 amide bonds. The first-order chi connectivity index (χ1) is 5.57. The van der Waals surface area contributed by atoms with Gasteiger partial charge in [0, 0.05) is 13.5 Å². The van der Waals surface area contributed by atoms with E-state index in [1.54, 1.807) is 6.92 Å². The number of hydrogen-bond acceptors (Lipinski definition) is 4. The lowest BCUT2D eigenvalue weighted by molar-refractivity contribution is -0.138. The number of carbonyl (C=O) groups is 3.